The Morgan fingerprint density at radius 1 is 1.32 bits per heavy atom. The Hall–Kier alpha value is -1.75. The molecule has 0 radical (unpaired) electrons. The fourth-order valence-corrected chi connectivity index (χ4v) is 1.66. The number of aryl methyl sites for hydroxylation is 1. The van der Waals surface area contributed by atoms with Crippen LogP contribution in [0.4, 0.5) is 10.5 Å². The smallest absolute Gasteiger partial charge is 0.315 e. The van der Waals surface area contributed by atoms with Crippen molar-refractivity contribution < 1.29 is 9.53 Å². The van der Waals surface area contributed by atoms with Gasteiger partial charge in [0.25, 0.3) is 0 Å². The minimum Gasteiger partial charge on any atom is -0.383 e. The molecule has 0 aliphatic carbocycles. The predicted molar refractivity (Wildman–Crippen MR) is 77.6 cm³/mol. The average Bonchev–Trinajstić information content (AvgIpc) is 2.37. The van der Waals surface area contributed by atoms with Gasteiger partial charge in [-0.05, 0) is 30.2 Å². The Balaban J connectivity index is 2.47. The number of ether oxygens (including phenoxy) is 1. The summed E-state index contributed by atoms with van der Waals surface area (Å²) < 4.78 is 4.86. The van der Waals surface area contributed by atoms with Gasteiger partial charge in [-0.15, -0.1) is 0 Å². The Bertz CT molecular complexity index is 419. The maximum absolute atomic E-state index is 11.5. The van der Waals surface area contributed by atoms with Crippen LogP contribution in [0.2, 0.25) is 0 Å². The molecule has 0 aliphatic rings. The molecule has 2 amide bonds. The molecule has 0 bridgehead atoms. The third-order valence-corrected chi connectivity index (χ3v) is 2.87. The van der Waals surface area contributed by atoms with Crippen LogP contribution in [0.15, 0.2) is 18.2 Å². The van der Waals surface area contributed by atoms with Crippen LogP contribution in [0, 0.1) is 6.92 Å². The number of methoxy groups -OCH3 is 1. The van der Waals surface area contributed by atoms with E-state index >= 15 is 0 Å². The van der Waals surface area contributed by atoms with Crippen molar-refractivity contribution >= 4 is 11.7 Å². The highest BCUT2D eigenvalue weighted by molar-refractivity contribution is 5.73. The Kier molecular flexibility index (Phi) is 6.15. The molecule has 0 aliphatic heterocycles. The Labute approximate surface area is 114 Å². The van der Waals surface area contributed by atoms with E-state index in [-0.39, 0.29) is 6.03 Å². The SMILES string of the molecule is COCCNC(=O)NCc1ccc(N(C)C)cc1C. The zero-order valence-corrected chi connectivity index (χ0v) is 12.1. The van der Waals surface area contributed by atoms with Gasteiger partial charge in [0.15, 0.2) is 0 Å². The van der Waals surface area contributed by atoms with E-state index in [1.807, 2.05) is 33.2 Å². The standard InChI is InChI=1S/C14H23N3O2/c1-11-9-13(17(2)3)6-5-12(11)10-16-14(18)15-7-8-19-4/h5-6,9H,7-8,10H2,1-4H3,(H2,15,16,18). The van der Waals surface area contributed by atoms with E-state index < -0.39 is 0 Å². The molecule has 0 atom stereocenters. The first-order chi connectivity index (χ1) is 9.04. The van der Waals surface area contributed by atoms with Crippen molar-refractivity contribution in [1.82, 2.24) is 10.6 Å². The number of carbonyl (C=O) groups excluding carboxylic acids is 1. The van der Waals surface area contributed by atoms with Crippen LogP contribution < -0.4 is 15.5 Å². The monoisotopic (exact) mass is 265 g/mol. The maximum atomic E-state index is 11.5. The molecule has 0 aromatic heterocycles. The van der Waals surface area contributed by atoms with Crippen LogP contribution in [0.5, 0.6) is 0 Å². The van der Waals surface area contributed by atoms with Crippen LogP contribution in [0.25, 0.3) is 0 Å². The lowest BCUT2D eigenvalue weighted by molar-refractivity contribution is 0.196. The number of rotatable bonds is 6. The number of hydrogen-bond donors (Lipinski definition) is 2. The van der Waals surface area contributed by atoms with Gasteiger partial charge in [-0.2, -0.15) is 0 Å². The first kappa shape index (κ1) is 15.3. The molecule has 1 rings (SSSR count). The number of hydrogen-bond acceptors (Lipinski definition) is 3. The van der Waals surface area contributed by atoms with Crippen LogP contribution in [0.3, 0.4) is 0 Å². The molecule has 2 N–H and O–H groups in total. The summed E-state index contributed by atoms with van der Waals surface area (Å²) in [5.74, 6) is 0. The van der Waals surface area contributed by atoms with Crippen molar-refractivity contribution in [3.8, 4) is 0 Å². The molecule has 5 nitrogen and oxygen atoms in total. The molecule has 0 heterocycles. The number of benzene rings is 1. The second-order valence-corrected chi connectivity index (χ2v) is 4.61. The van der Waals surface area contributed by atoms with Crippen molar-refractivity contribution in [3.63, 3.8) is 0 Å². The third-order valence-electron chi connectivity index (χ3n) is 2.87. The minimum absolute atomic E-state index is 0.173. The predicted octanol–water partition coefficient (Wildman–Crippen LogP) is 1.51. The molecule has 19 heavy (non-hydrogen) atoms. The highest BCUT2D eigenvalue weighted by atomic mass is 16.5. The van der Waals surface area contributed by atoms with Gasteiger partial charge in [-0.25, -0.2) is 4.79 Å². The lowest BCUT2D eigenvalue weighted by Gasteiger charge is -2.15. The lowest BCUT2D eigenvalue weighted by atomic mass is 10.1. The van der Waals surface area contributed by atoms with Gasteiger partial charge in [0.1, 0.15) is 0 Å². The van der Waals surface area contributed by atoms with E-state index in [2.05, 4.69) is 21.6 Å². The van der Waals surface area contributed by atoms with Crippen LogP contribution in [-0.4, -0.2) is 40.4 Å². The molecule has 0 saturated heterocycles. The van der Waals surface area contributed by atoms with Crippen molar-refractivity contribution in [1.29, 1.82) is 0 Å². The summed E-state index contributed by atoms with van der Waals surface area (Å²) in [6.07, 6.45) is 0. The van der Waals surface area contributed by atoms with E-state index in [1.54, 1.807) is 7.11 Å². The van der Waals surface area contributed by atoms with Crippen LogP contribution >= 0.6 is 0 Å². The largest absolute Gasteiger partial charge is 0.383 e. The lowest BCUT2D eigenvalue weighted by Crippen LogP contribution is -2.36. The summed E-state index contributed by atoms with van der Waals surface area (Å²) in [6, 6.07) is 6.03. The van der Waals surface area contributed by atoms with Crippen LogP contribution in [-0.2, 0) is 11.3 Å². The molecule has 1 aromatic rings. The van der Waals surface area contributed by atoms with Gasteiger partial charge in [0.2, 0.25) is 0 Å². The fraction of sp³-hybridized carbons (Fsp3) is 0.500. The van der Waals surface area contributed by atoms with E-state index in [4.69, 9.17) is 4.74 Å². The highest BCUT2D eigenvalue weighted by Crippen LogP contribution is 2.17. The Morgan fingerprint density at radius 3 is 2.63 bits per heavy atom. The van der Waals surface area contributed by atoms with Crippen molar-refractivity contribution in [3.05, 3.63) is 29.3 Å². The van der Waals surface area contributed by atoms with Gasteiger partial charge < -0.3 is 20.3 Å². The van der Waals surface area contributed by atoms with Gasteiger partial charge in [0, 0.05) is 40.0 Å². The van der Waals surface area contributed by atoms with Crippen molar-refractivity contribution in [2.75, 3.05) is 39.3 Å². The second kappa shape index (κ2) is 7.63. The first-order valence-corrected chi connectivity index (χ1v) is 6.32. The Morgan fingerprint density at radius 2 is 2.05 bits per heavy atom. The quantitative estimate of drug-likeness (QED) is 0.767. The van der Waals surface area contributed by atoms with E-state index in [0.717, 1.165) is 11.3 Å². The first-order valence-electron chi connectivity index (χ1n) is 6.32. The summed E-state index contributed by atoms with van der Waals surface area (Å²) in [5, 5.41) is 5.55. The molecular weight excluding hydrogens is 242 g/mol. The van der Waals surface area contributed by atoms with E-state index in [9.17, 15) is 4.79 Å². The number of anilines is 1. The zero-order valence-electron chi connectivity index (χ0n) is 12.1. The van der Waals surface area contributed by atoms with Gasteiger partial charge in [-0.3, -0.25) is 0 Å². The number of nitrogens with zero attached hydrogens (tertiary/aromatic N) is 1. The van der Waals surface area contributed by atoms with E-state index in [1.165, 1.54) is 5.56 Å². The number of urea groups is 1. The third kappa shape index (κ3) is 5.18. The molecular formula is C14H23N3O2. The molecule has 0 unspecified atom stereocenters. The summed E-state index contributed by atoms with van der Waals surface area (Å²) in [5.41, 5.74) is 3.45. The maximum Gasteiger partial charge on any atom is 0.315 e. The molecule has 106 valence electrons. The normalized spacial score (nSPS) is 10.1. The van der Waals surface area contributed by atoms with Crippen molar-refractivity contribution in [2.24, 2.45) is 0 Å². The number of carbonyl (C=O) groups is 1. The summed E-state index contributed by atoms with van der Waals surface area (Å²) in [6.45, 7) is 3.61. The summed E-state index contributed by atoms with van der Waals surface area (Å²) >= 11 is 0. The molecule has 5 heteroatoms. The summed E-state index contributed by atoms with van der Waals surface area (Å²) in [4.78, 5) is 13.5. The molecule has 0 saturated carbocycles. The molecule has 0 fully saturated rings. The highest BCUT2D eigenvalue weighted by Gasteiger charge is 2.04. The van der Waals surface area contributed by atoms with Crippen LogP contribution in [0.1, 0.15) is 11.1 Å². The topological polar surface area (TPSA) is 53.6 Å². The fourth-order valence-electron chi connectivity index (χ4n) is 1.66. The molecule has 0 spiro atoms. The number of amides is 2. The minimum atomic E-state index is -0.173. The van der Waals surface area contributed by atoms with E-state index in [0.29, 0.717) is 19.7 Å². The number of nitrogens with one attached hydrogen (secondary N) is 2. The average molecular weight is 265 g/mol. The zero-order chi connectivity index (χ0) is 14.3. The second-order valence-electron chi connectivity index (χ2n) is 4.61. The summed E-state index contributed by atoms with van der Waals surface area (Å²) in [7, 11) is 5.63. The van der Waals surface area contributed by atoms with Gasteiger partial charge in [-0.1, -0.05) is 6.07 Å². The van der Waals surface area contributed by atoms with Gasteiger partial charge >= 0.3 is 6.03 Å². The van der Waals surface area contributed by atoms with Gasteiger partial charge in [0.05, 0.1) is 6.61 Å². The van der Waals surface area contributed by atoms with Crippen molar-refractivity contribution in [2.45, 2.75) is 13.5 Å². The molecule has 1 aromatic carbocycles.